The van der Waals surface area contributed by atoms with Crippen molar-refractivity contribution in [1.82, 2.24) is 4.31 Å². The molecule has 29 heavy (non-hydrogen) atoms. The Morgan fingerprint density at radius 3 is 2.69 bits per heavy atom. The van der Waals surface area contributed by atoms with E-state index >= 15 is 0 Å². The molecule has 6 nitrogen and oxygen atoms in total. The number of β-amino-alcohol motifs (C(OH)–C–C–N with tert-alkyl or cyclic N) is 1. The number of halogens is 3. The van der Waals surface area contributed by atoms with Gasteiger partial charge in [0.15, 0.2) is 4.90 Å². The molecule has 3 rings (SSSR count). The van der Waals surface area contributed by atoms with E-state index in [2.05, 4.69) is 0 Å². The zero-order chi connectivity index (χ0) is 21.3. The molecular weight excluding hydrogens is 442 g/mol. The van der Waals surface area contributed by atoms with Crippen molar-refractivity contribution in [3.8, 4) is 11.8 Å². The number of nitrogens with zero attached hydrogens (tertiary/aromatic N) is 2. The standard InChI is InChI=1S/C19H17Cl2FN2O4S/c1-11(25)19(26)10-24(29(27)17-5-3-13(20)6-15(17)21)9-18(19)28-14-4-2-12(8-23)16(22)7-14/h2-7,11,18,25-26H,9-10H2,1H3/t11-,18-,19?,29?/m0/s1. The molecule has 0 aliphatic carbocycles. The van der Waals surface area contributed by atoms with Crippen molar-refractivity contribution in [1.29, 1.82) is 5.26 Å². The van der Waals surface area contributed by atoms with Crippen LogP contribution in [0.2, 0.25) is 10.0 Å². The fourth-order valence-electron chi connectivity index (χ4n) is 3.04. The Kier molecular flexibility index (Phi) is 6.61. The third-order valence-electron chi connectivity index (χ3n) is 4.74. The maximum Gasteiger partial charge on any atom is 0.192 e. The molecule has 2 N–H and O–H groups in total. The minimum absolute atomic E-state index is 0.0193. The van der Waals surface area contributed by atoms with Gasteiger partial charge in [-0.3, -0.25) is 0 Å². The maximum absolute atomic E-state index is 13.9. The fraction of sp³-hybridized carbons (Fsp3) is 0.316. The maximum atomic E-state index is 13.9. The molecule has 1 fully saturated rings. The lowest BCUT2D eigenvalue weighted by Gasteiger charge is -2.31. The lowest BCUT2D eigenvalue weighted by atomic mass is 9.94. The molecule has 0 bridgehead atoms. The van der Waals surface area contributed by atoms with Crippen LogP contribution in [0.5, 0.6) is 5.75 Å². The van der Waals surface area contributed by atoms with Crippen molar-refractivity contribution in [2.24, 2.45) is 0 Å². The zero-order valence-corrected chi connectivity index (χ0v) is 17.5. The number of rotatable bonds is 5. The molecule has 1 saturated heterocycles. The third kappa shape index (κ3) is 4.47. The van der Waals surface area contributed by atoms with Gasteiger partial charge in [-0.15, -0.1) is 4.31 Å². The number of hydrogen-bond acceptors (Lipinski definition) is 6. The Morgan fingerprint density at radius 1 is 1.38 bits per heavy atom. The summed E-state index contributed by atoms with van der Waals surface area (Å²) in [6.07, 6.45) is -2.23. The zero-order valence-electron chi connectivity index (χ0n) is 15.2. The summed E-state index contributed by atoms with van der Waals surface area (Å²) in [7, 11) is 0. The molecule has 2 aromatic rings. The molecule has 1 aliphatic heterocycles. The van der Waals surface area contributed by atoms with Gasteiger partial charge in [0.25, 0.3) is 0 Å². The lowest BCUT2D eigenvalue weighted by Crippen LogP contribution is -2.53. The molecule has 0 amide bonds. The van der Waals surface area contributed by atoms with Crippen molar-refractivity contribution in [3.63, 3.8) is 0 Å². The van der Waals surface area contributed by atoms with E-state index in [0.717, 1.165) is 6.07 Å². The van der Waals surface area contributed by atoms with Gasteiger partial charge in [0.1, 0.15) is 29.3 Å². The third-order valence-corrected chi connectivity index (χ3v) is 6.88. The molecule has 1 heterocycles. The van der Waals surface area contributed by atoms with Crippen LogP contribution in [-0.4, -0.2) is 50.0 Å². The summed E-state index contributed by atoms with van der Waals surface area (Å²) in [6.45, 7) is 1.20. The van der Waals surface area contributed by atoms with E-state index in [4.69, 9.17) is 33.2 Å². The van der Waals surface area contributed by atoms with Crippen molar-refractivity contribution < 1.29 is 23.9 Å². The fourth-order valence-corrected chi connectivity index (χ4v) is 4.93. The molecule has 4 atom stereocenters. The van der Waals surface area contributed by atoms with Crippen molar-refractivity contribution in [2.45, 2.75) is 29.6 Å². The Morgan fingerprint density at radius 2 is 2.10 bits per heavy atom. The smallest absolute Gasteiger partial charge is 0.192 e. The van der Waals surface area contributed by atoms with Crippen LogP contribution in [0.3, 0.4) is 0 Å². The molecule has 2 unspecified atom stereocenters. The van der Waals surface area contributed by atoms with Crippen LogP contribution in [0.25, 0.3) is 0 Å². The van der Waals surface area contributed by atoms with Gasteiger partial charge in [-0.25, -0.2) is 4.39 Å². The SMILES string of the molecule is C[C@H](O)C1(O)CN([S+]([O-])c2ccc(Cl)cc2Cl)C[C@@H]1Oc1ccc(C#N)c(F)c1. The van der Waals surface area contributed by atoms with E-state index in [1.165, 1.54) is 35.5 Å². The Hall–Kier alpha value is -1.57. The summed E-state index contributed by atoms with van der Waals surface area (Å²) >= 11 is 10.3. The van der Waals surface area contributed by atoms with Crippen LogP contribution in [0.4, 0.5) is 4.39 Å². The van der Waals surface area contributed by atoms with Crippen LogP contribution in [0, 0.1) is 17.1 Å². The number of nitriles is 1. The van der Waals surface area contributed by atoms with Crippen LogP contribution >= 0.6 is 23.2 Å². The summed E-state index contributed by atoms with van der Waals surface area (Å²) < 4.78 is 34.0. The van der Waals surface area contributed by atoms with Crippen molar-refractivity contribution in [2.75, 3.05) is 13.1 Å². The van der Waals surface area contributed by atoms with Crippen molar-refractivity contribution in [3.05, 3.63) is 57.8 Å². The predicted octanol–water partition coefficient (Wildman–Crippen LogP) is 2.90. The minimum Gasteiger partial charge on any atom is -0.593 e. The second kappa shape index (κ2) is 8.66. The molecule has 0 spiro atoms. The Bertz CT molecular complexity index is 958. The van der Waals surface area contributed by atoms with Crippen LogP contribution < -0.4 is 4.74 Å². The number of aliphatic hydroxyl groups is 2. The van der Waals surface area contributed by atoms with Gasteiger partial charge in [-0.05, 0) is 37.3 Å². The summed E-state index contributed by atoms with van der Waals surface area (Å²) in [4.78, 5) is 0.300. The Balaban J connectivity index is 1.85. The van der Waals surface area contributed by atoms with Gasteiger partial charge in [0.2, 0.25) is 0 Å². The van der Waals surface area contributed by atoms with Gasteiger partial charge in [-0.2, -0.15) is 5.26 Å². The number of benzene rings is 2. The number of aliphatic hydroxyl groups excluding tert-OH is 1. The van der Waals surface area contributed by atoms with E-state index < -0.39 is 35.0 Å². The Labute approximate surface area is 180 Å². The molecule has 154 valence electrons. The second-order valence-electron chi connectivity index (χ2n) is 6.67. The first-order chi connectivity index (χ1) is 13.7. The molecule has 0 radical (unpaired) electrons. The highest BCUT2D eigenvalue weighted by Gasteiger charge is 2.54. The number of hydrogen-bond donors (Lipinski definition) is 2. The molecule has 0 aromatic heterocycles. The minimum atomic E-state index is -1.76. The topological polar surface area (TPSA) is 99.8 Å². The first-order valence-corrected chi connectivity index (χ1v) is 10.4. The monoisotopic (exact) mass is 458 g/mol. The first-order valence-electron chi connectivity index (χ1n) is 8.54. The van der Waals surface area contributed by atoms with Crippen molar-refractivity contribution >= 4 is 34.6 Å². The molecular formula is C19H17Cl2FN2O4S. The quantitative estimate of drug-likeness (QED) is 0.668. The summed E-state index contributed by atoms with van der Waals surface area (Å²) in [6, 6.07) is 9.90. The van der Waals surface area contributed by atoms with E-state index in [1.807, 2.05) is 0 Å². The van der Waals surface area contributed by atoms with Gasteiger partial charge >= 0.3 is 0 Å². The average molecular weight is 459 g/mol. The van der Waals surface area contributed by atoms with E-state index in [0.29, 0.717) is 9.92 Å². The highest BCUT2D eigenvalue weighted by molar-refractivity contribution is 7.89. The predicted molar refractivity (Wildman–Crippen MR) is 107 cm³/mol. The first kappa shape index (κ1) is 22.1. The van der Waals surface area contributed by atoms with Crippen LogP contribution in [0.1, 0.15) is 12.5 Å². The van der Waals surface area contributed by atoms with E-state index in [1.54, 1.807) is 12.1 Å². The number of ether oxygens (including phenoxy) is 1. The van der Waals surface area contributed by atoms with Gasteiger partial charge in [0.05, 0.1) is 41.1 Å². The van der Waals surface area contributed by atoms with Crippen LogP contribution in [0.15, 0.2) is 41.3 Å². The highest BCUT2D eigenvalue weighted by Crippen LogP contribution is 2.35. The van der Waals surface area contributed by atoms with E-state index in [-0.39, 0.29) is 29.4 Å². The highest BCUT2D eigenvalue weighted by atomic mass is 35.5. The normalized spacial score (nSPS) is 24.1. The average Bonchev–Trinajstić information content (AvgIpc) is 2.99. The van der Waals surface area contributed by atoms with Crippen LogP contribution in [-0.2, 0) is 11.4 Å². The largest absolute Gasteiger partial charge is 0.593 e. The summed E-state index contributed by atoms with van der Waals surface area (Å²) in [5.74, 6) is -0.695. The van der Waals surface area contributed by atoms with Gasteiger partial charge in [-0.1, -0.05) is 23.2 Å². The second-order valence-corrected chi connectivity index (χ2v) is 8.97. The molecule has 10 heteroatoms. The molecule has 2 aromatic carbocycles. The molecule has 1 aliphatic rings. The van der Waals surface area contributed by atoms with E-state index in [9.17, 15) is 19.2 Å². The summed E-state index contributed by atoms with van der Waals surface area (Å²) in [5, 5.41) is 30.6. The molecule has 0 saturated carbocycles. The summed E-state index contributed by atoms with van der Waals surface area (Å²) in [5.41, 5.74) is -1.91. The van der Waals surface area contributed by atoms with Gasteiger partial charge < -0.3 is 19.5 Å². The lowest BCUT2D eigenvalue weighted by molar-refractivity contribution is -0.104. The van der Waals surface area contributed by atoms with Gasteiger partial charge in [0, 0.05) is 11.1 Å².